The van der Waals surface area contributed by atoms with E-state index in [9.17, 15) is 0 Å². The number of nitrogens with zero attached hydrogens (tertiary/aromatic N) is 1. The minimum atomic E-state index is 0.0382. The maximum atomic E-state index is 5.27. The Morgan fingerprint density at radius 3 is 2.00 bits per heavy atom. The van der Waals surface area contributed by atoms with E-state index in [1.807, 2.05) is 5.06 Å². The lowest BCUT2D eigenvalue weighted by Crippen LogP contribution is -2.63. The molecule has 0 atom stereocenters. The molecule has 1 aliphatic heterocycles. The fraction of sp³-hybridized carbons (Fsp3) is 1.00. The largest absolute Gasteiger partial charge is 0.344 e. The Balaban J connectivity index is 3.06. The lowest BCUT2D eigenvalue weighted by Gasteiger charge is -2.60. The minimum absolute atomic E-state index is 0.0382. The molecule has 0 amide bonds. The molecule has 1 rings (SSSR count). The van der Waals surface area contributed by atoms with Gasteiger partial charge >= 0.3 is 0 Å². The van der Waals surface area contributed by atoms with E-state index in [2.05, 4.69) is 52.0 Å². The summed E-state index contributed by atoms with van der Waals surface area (Å²) in [5, 5.41) is 2.04. The first-order chi connectivity index (χ1) is 6.17. The molecular weight excluding hydrogens is 190 g/mol. The number of hydrogen-bond donors (Lipinski definition) is 0. The van der Waals surface area contributed by atoms with Crippen molar-refractivity contribution in [2.75, 3.05) is 6.54 Å². The molecule has 1 heterocycles. The summed E-state index contributed by atoms with van der Waals surface area (Å²) in [6.45, 7) is 14.8. The third-order valence-corrected chi connectivity index (χ3v) is 5.12. The lowest BCUT2D eigenvalue weighted by atomic mass is 9.55. The van der Waals surface area contributed by atoms with Crippen LogP contribution in [0.15, 0.2) is 0 Å². The second-order valence-electron chi connectivity index (χ2n) is 6.01. The van der Waals surface area contributed by atoms with Crippen molar-refractivity contribution in [3.05, 3.63) is 0 Å². The molecular formula is C11H22NOSi. The summed E-state index contributed by atoms with van der Waals surface area (Å²) in [4.78, 5) is 0. The summed E-state index contributed by atoms with van der Waals surface area (Å²) in [6, 6.07) is 0. The predicted molar refractivity (Wildman–Crippen MR) is 59.8 cm³/mol. The molecule has 0 aromatic carbocycles. The first kappa shape index (κ1) is 12.2. The topological polar surface area (TPSA) is 12.5 Å². The van der Waals surface area contributed by atoms with Gasteiger partial charge in [-0.25, -0.2) is 0 Å². The maximum Gasteiger partial charge on any atom is 0.281 e. The number of rotatable bonds is 1. The van der Waals surface area contributed by atoms with Gasteiger partial charge in [0.2, 0.25) is 0 Å². The molecule has 1 saturated heterocycles. The summed E-state index contributed by atoms with van der Waals surface area (Å²) in [7, 11) is 3.15. The molecule has 2 nitrogen and oxygen atoms in total. The second kappa shape index (κ2) is 3.32. The fourth-order valence-electron chi connectivity index (χ4n) is 2.27. The SMILES string of the molecule is CC1(C)CCN(O[Si])C(C)(C)C1(C)C. The van der Waals surface area contributed by atoms with Crippen LogP contribution in [0.25, 0.3) is 0 Å². The van der Waals surface area contributed by atoms with Crippen molar-refractivity contribution in [3.63, 3.8) is 0 Å². The van der Waals surface area contributed by atoms with Crippen LogP contribution in [-0.4, -0.2) is 27.6 Å². The molecule has 81 valence electrons. The van der Waals surface area contributed by atoms with E-state index in [1.54, 1.807) is 0 Å². The molecule has 1 aliphatic rings. The first-order valence-electron chi connectivity index (χ1n) is 5.28. The van der Waals surface area contributed by atoms with Crippen LogP contribution < -0.4 is 0 Å². The average molecular weight is 212 g/mol. The normalized spacial score (nSPS) is 30.2. The van der Waals surface area contributed by atoms with Gasteiger partial charge in [-0.2, -0.15) is 5.06 Å². The van der Waals surface area contributed by atoms with Gasteiger partial charge in [-0.1, -0.05) is 27.7 Å². The average Bonchev–Trinajstić information content (AvgIpc) is 2.02. The second-order valence-corrected chi connectivity index (χ2v) is 6.19. The molecule has 14 heavy (non-hydrogen) atoms. The summed E-state index contributed by atoms with van der Waals surface area (Å²) < 4.78 is 5.27. The fourth-order valence-corrected chi connectivity index (χ4v) is 2.59. The van der Waals surface area contributed by atoms with Gasteiger partial charge in [-0.3, -0.25) is 0 Å². The summed E-state index contributed by atoms with van der Waals surface area (Å²) in [5.41, 5.74) is 0.596. The molecule has 1 fully saturated rings. The molecule has 0 saturated carbocycles. The van der Waals surface area contributed by atoms with Gasteiger partial charge in [0.05, 0.1) is 0 Å². The zero-order valence-corrected chi connectivity index (χ0v) is 11.3. The van der Waals surface area contributed by atoms with E-state index < -0.39 is 0 Å². The van der Waals surface area contributed by atoms with Crippen molar-refractivity contribution < 1.29 is 4.53 Å². The third kappa shape index (κ3) is 1.46. The third-order valence-electron chi connectivity index (χ3n) is 4.90. The molecule has 0 aliphatic carbocycles. The Bertz CT molecular complexity index is 223. The van der Waals surface area contributed by atoms with E-state index in [-0.39, 0.29) is 11.0 Å². The standard InChI is InChI=1S/C11H22NOSi/c1-9(2)7-8-12(13-14)11(5,6)10(9,3)4/h7-8H2,1-6H3. The summed E-state index contributed by atoms with van der Waals surface area (Å²) in [6.07, 6.45) is 1.16. The van der Waals surface area contributed by atoms with Gasteiger partial charge in [0.1, 0.15) is 0 Å². The Morgan fingerprint density at radius 1 is 1.07 bits per heavy atom. The number of hydrogen-bond acceptors (Lipinski definition) is 2. The van der Waals surface area contributed by atoms with Crippen LogP contribution in [0.1, 0.15) is 48.0 Å². The van der Waals surface area contributed by atoms with Gasteiger partial charge < -0.3 is 4.53 Å². The minimum Gasteiger partial charge on any atom is -0.344 e. The molecule has 0 N–H and O–H groups in total. The monoisotopic (exact) mass is 212 g/mol. The molecule has 0 aromatic heterocycles. The van der Waals surface area contributed by atoms with E-state index in [4.69, 9.17) is 4.53 Å². The van der Waals surface area contributed by atoms with Gasteiger partial charge in [0.25, 0.3) is 10.5 Å². The van der Waals surface area contributed by atoms with Crippen molar-refractivity contribution in [1.82, 2.24) is 5.06 Å². The van der Waals surface area contributed by atoms with Gasteiger partial charge in [-0.15, -0.1) is 0 Å². The van der Waals surface area contributed by atoms with Gasteiger partial charge in [-0.05, 0) is 31.1 Å². The van der Waals surface area contributed by atoms with Gasteiger partial charge in [0.15, 0.2) is 0 Å². The van der Waals surface area contributed by atoms with Crippen LogP contribution in [0.3, 0.4) is 0 Å². The highest BCUT2D eigenvalue weighted by molar-refractivity contribution is 5.97. The molecule has 3 radical (unpaired) electrons. The Kier molecular flexibility index (Phi) is 2.90. The molecule has 3 heteroatoms. The molecule has 0 spiro atoms. The first-order valence-corrected chi connectivity index (χ1v) is 5.69. The van der Waals surface area contributed by atoms with Crippen molar-refractivity contribution in [2.24, 2.45) is 10.8 Å². The van der Waals surface area contributed by atoms with E-state index in [0.717, 1.165) is 13.0 Å². The summed E-state index contributed by atoms with van der Waals surface area (Å²) in [5.74, 6) is 0. The maximum absolute atomic E-state index is 5.27. The van der Waals surface area contributed by atoms with Crippen LogP contribution in [0.2, 0.25) is 0 Å². The van der Waals surface area contributed by atoms with Crippen LogP contribution in [0.5, 0.6) is 0 Å². The van der Waals surface area contributed by atoms with Crippen molar-refractivity contribution in [2.45, 2.75) is 53.5 Å². The van der Waals surface area contributed by atoms with E-state index in [0.29, 0.717) is 5.41 Å². The smallest absolute Gasteiger partial charge is 0.281 e. The van der Waals surface area contributed by atoms with Crippen molar-refractivity contribution in [3.8, 4) is 0 Å². The Labute approximate surface area is 91.5 Å². The Hall–Kier alpha value is 0.137. The highest BCUT2D eigenvalue weighted by atomic mass is 28.2. The quantitative estimate of drug-likeness (QED) is 0.619. The lowest BCUT2D eigenvalue weighted by molar-refractivity contribution is -0.229. The zero-order valence-electron chi connectivity index (χ0n) is 10.3. The van der Waals surface area contributed by atoms with Gasteiger partial charge in [0, 0.05) is 12.1 Å². The zero-order chi connectivity index (χ0) is 11.2. The highest BCUT2D eigenvalue weighted by Gasteiger charge is 2.54. The number of hydroxylamine groups is 2. The van der Waals surface area contributed by atoms with Crippen LogP contribution in [-0.2, 0) is 4.53 Å². The van der Waals surface area contributed by atoms with E-state index in [1.165, 1.54) is 0 Å². The van der Waals surface area contributed by atoms with Crippen LogP contribution >= 0.6 is 0 Å². The van der Waals surface area contributed by atoms with E-state index >= 15 is 0 Å². The highest BCUT2D eigenvalue weighted by Crippen LogP contribution is 2.54. The Morgan fingerprint density at radius 2 is 1.57 bits per heavy atom. The summed E-state index contributed by atoms with van der Waals surface area (Å²) >= 11 is 0. The van der Waals surface area contributed by atoms with Crippen LogP contribution in [0, 0.1) is 10.8 Å². The van der Waals surface area contributed by atoms with Crippen molar-refractivity contribution in [1.29, 1.82) is 0 Å². The van der Waals surface area contributed by atoms with Crippen LogP contribution in [0.4, 0.5) is 0 Å². The predicted octanol–water partition coefficient (Wildman–Crippen LogP) is 2.54. The molecule has 0 aromatic rings. The number of piperidine rings is 1. The molecule has 0 unspecified atom stereocenters. The van der Waals surface area contributed by atoms with Crippen molar-refractivity contribution >= 4 is 10.5 Å². The molecule has 0 bridgehead atoms.